The minimum Gasteiger partial charge on any atom is -0.490 e. The van der Waals surface area contributed by atoms with E-state index in [1.54, 1.807) is 0 Å². The second kappa shape index (κ2) is 8.53. The van der Waals surface area contributed by atoms with Gasteiger partial charge in [0, 0.05) is 17.2 Å². The SMILES string of the molecule is CCOc1ccc(-c2nc(-c3ccc4c(c3)[nH]c(=O)n4C3CCCC3)no2)cc1OCC. The number of hydrogen-bond acceptors (Lipinski definition) is 6. The molecule has 0 unspecified atom stereocenters. The molecule has 0 atom stereocenters. The van der Waals surface area contributed by atoms with Crippen molar-refractivity contribution in [3.05, 3.63) is 46.9 Å². The van der Waals surface area contributed by atoms with Crippen molar-refractivity contribution in [1.82, 2.24) is 19.7 Å². The van der Waals surface area contributed by atoms with E-state index in [0.717, 1.165) is 35.0 Å². The molecule has 8 nitrogen and oxygen atoms in total. The average Bonchev–Trinajstić information content (AvgIpc) is 3.54. The Hall–Kier alpha value is -3.55. The summed E-state index contributed by atoms with van der Waals surface area (Å²) in [4.78, 5) is 20.1. The van der Waals surface area contributed by atoms with Gasteiger partial charge in [-0.2, -0.15) is 4.98 Å². The molecule has 8 heteroatoms. The molecule has 4 aromatic rings. The third-order valence-corrected chi connectivity index (χ3v) is 5.88. The molecule has 2 heterocycles. The van der Waals surface area contributed by atoms with E-state index in [1.807, 2.05) is 54.8 Å². The number of nitrogens with zero attached hydrogens (tertiary/aromatic N) is 3. The maximum absolute atomic E-state index is 12.6. The molecule has 5 rings (SSSR count). The van der Waals surface area contributed by atoms with E-state index in [0.29, 0.717) is 36.4 Å². The lowest BCUT2D eigenvalue weighted by atomic mass is 10.1. The molecule has 0 bridgehead atoms. The Morgan fingerprint density at radius 2 is 1.78 bits per heavy atom. The molecule has 1 N–H and O–H groups in total. The average molecular weight is 434 g/mol. The molecule has 1 fully saturated rings. The van der Waals surface area contributed by atoms with Gasteiger partial charge in [-0.3, -0.25) is 4.57 Å². The van der Waals surface area contributed by atoms with Crippen molar-refractivity contribution in [3.8, 4) is 34.3 Å². The summed E-state index contributed by atoms with van der Waals surface area (Å²) in [5.41, 5.74) is 3.17. The standard InChI is InChI=1S/C24H26N4O4/c1-3-30-20-12-10-16(14-21(20)31-4-2)23-26-22(27-32-23)15-9-11-19-18(13-15)25-24(29)28(19)17-7-5-6-8-17/h9-14,17H,3-8H2,1-2H3,(H,25,29). The Kier molecular flexibility index (Phi) is 5.43. The summed E-state index contributed by atoms with van der Waals surface area (Å²) in [5.74, 6) is 2.17. The van der Waals surface area contributed by atoms with Crippen LogP contribution in [0.15, 0.2) is 45.7 Å². The summed E-state index contributed by atoms with van der Waals surface area (Å²) >= 11 is 0. The molecule has 2 aromatic carbocycles. The van der Waals surface area contributed by atoms with Crippen molar-refractivity contribution in [2.45, 2.75) is 45.6 Å². The van der Waals surface area contributed by atoms with Gasteiger partial charge in [0.1, 0.15) is 0 Å². The van der Waals surface area contributed by atoms with Crippen LogP contribution in [0.4, 0.5) is 0 Å². The number of ether oxygens (including phenoxy) is 2. The fraction of sp³-hybridized carbons (Fsp3) is 0.375. The van der Waals surface area contributed by atoms with Gasteiger partial charge in [-0.25, -0.2) is 4.79 Å². The summed E-state index contributed by atoms with van der Waals surface area (Å²) in [6.45, 7) is 4.93. The molecule has 0 aliphatic heterocycles. The molecule has 166 valence electrons. The summed E-state index contributed by atoms with van der Waals surface area (Å²) in [5, 5.41) is 4.15. The second-order valence-electron chi connectivity index (χ2n) is 7.92. The largest absolute Gasteiger partial charge is 0.490 e. The van der Waals surface area contributed by atoms with E-state index in [9.17, 15) is 4.79 Å². The smallest absolute Gasteiger partial charge is 0.326 e. The van der Waals surface area contributed by atoms with Crippen molar-refractivity contribution in [2.24, 2.45) is 0 Å². The molecule has 2 aromatic heterocycles. The van der Waals surface area contributed by atoms with Crippen LogP contribution < -0.4 is 15.2 Å². The molecule has 0 spiro atoms. The van der Waals surface area contributed by atoms with Crippen LogP contribution in [-0.4, -0.2) is 32.9 Å². The van der Waals surface area contributed by atoms with Crippen LogP contribution in [0.25, 0.3) is 33.9 Å². The van der Waals surface area contributed by atoms with E-state index in [1.165, 1.54) is 12.8 Å². The van der Waals surface area contributed by atoms with Gasteiger partial charge in [-0.05, 0) is 63.1 Å². The first-order chi connectivity index (χ1) is 15.7. The van der Waals surface area contributed by atoms with E-state index in [2.05, 4.69) is 15.1 Å². The molecular formula is C24H26N4O4. The maximum atomic E-state index is 12.6. The highest BCUT2D eigenvalue weighted by Crippen LogP contribution is 2.34. The molecule has 1 aliphatic rings. The second-order valence-corrected chi connectivity index (χ2v) is 7.92. The highest BCUT2D eigenvalue weighted by Gasteiger charge is 2.22. The van der Waals surface area contributed by atoms with Crippen LogP contribution in [-0.2, 0) is 0 Å². The first-order valence-electron chi connectivity index (χ1n) is 11.2. The molecule has 0 radical (unpaired) electrons. The summed E-state index contributed by atoms with van der Waals surface area (Å²) in [7, 11) is 0. The van der Waals surface area contributed by atoms with Crippen molar-refractivity contribution >= 4 is 11.0 Å². The van der Waals surface area contributed by atoms with Crippen LogP contribution in [0.2, 0.25) is 0 Å². The monoisotopic (exact) mass is 434 g/mol. The number of aromatic nitrogens is 4. The predicted octanol–water partition coefficient (Wildman–Crippen LogP) is 4.96. The van der Waals surface area contributed by atoms with Gasteiger partial charge < -0.3 is 19.0 Å². The van der Waals surface area contributed by atoms with Crippen molar-refractivity contribution in [2.75, 3.05) is 13.2 Å². The number of benzene rings is 2. The topological polar surface area (TPSA) is 95.2 Å². The fourth-order valence-electron chi connectivity index (χ4n) is 4.44. The number of H-pyrrole nitrogens is 1. The van der Waals surface area contributed by atoms with Crippen molar-refractivity contribution in [3.63, 3.8) is 0 Å². The molecular weight excluding hydrogens is 408 g/mol. The lowest BCUT2D eigenvalue weighted by Crippen LogP contribution is -2.20. The number of nitrogens with one attached hydrogen (secondary N) is 1. The molecule has 0 saturated heterocycles. The minimum atomic E-state index is -0.0595. The van der Waals surface area contributed by atoms with Gasteiger partial charge >= 0.3 is 5.69 Å². The third-order valence-electron chi connectivity index (χ3n) is 5.88. The van der Waals surface area contributed by atoms with Crippen LogP contribution >= 0.6 is 0 Å². The summed E-state index contributed by atoms with van der Waals surface area (Å²) in [6.07, 6.45) is 4.44. The van der Waals surface area contributed by atoms with Gasteiger partial charge in [0.15, 0.2) is 11.5 Å². The van der Waals surface area contributed by atoms with Gasteiger partial charge in [0.25, 0.3) is 5.89 Å². The molecule has 32 heavy (non-hydrogen) atoms. The predicted molar refractivity (Wildman–Crippen MR) is 121 cm³/mol. The zero-order chi connectivity index (χ0) is 22.1. The highest BCUT2D eigenvalue weighted by atomic mass is 16.5. The van der Waals surface area contributed by atoms with Crippen LogP contribution in [0.3, 0.4) is 0 Å². The zero-order valence-corrected chi connectivity index (χ0v) is 18.3. The summed E-state index contributed by atoms with van der Waals surface area (Å²) in [6, 6.07) is 11.6. The Morgan fingerprint density at radius 1 is 1.03 bits per heavy atom. The first kappa shape index (κ1) is 20.4. The maximum Gasteiger partial charge on any atom is 0.326 e. The molecule has 1 aliphatic carbocycles. The van der Waals surface area contributed by atoms with Gasteiger partial charge in [0.05, 0.1) is 24.2 Å². The Labute approximate surface area is 185 Å². The Balaban J connectivity index is 1.47. The minimum absolute atomic E-state index is 0.0595. The van der Waals surface area contributed by atoms with Gasteiger partial charge in [-0.15, -0.1) is 0 Å². The van der Waals surface area contributed by atoms with Crippen LogP contribution in [0, 0.1) is 0 Å². The van der Waals surface area contributed by atoms with Gasteiger partial charge in [0.2, 0.25) is 5.82 Å². The number of aromatic amines is 1. The fourth-order valence-corrected chi connectivity index (χ4v) is 4.44. The zero-order valence-electron chi connectivity index (χ0n) is 18.3. The molecule has 1 saturated carbocycles. The van der Waals surface area contributed by atoms with Crippen molar-refractivity contribution in [1.29, 1.82) is 0 Å². The number of rotatable bonds is 7. The summed E-state index contributed by atoms with van der Waals surface area (Å²) < 4.78 is 18.7. The molecule has 0 amide bonds. The lowest BCUT2D eigenvalue weighted by Gasteiger charge is -2.11. The number of fused-ring (bicyclic) bond motifs is 1. The Morgan fingerprint density at radius 3 is 2.56 bits per heavy atom. The number of imidazole rings is 1. The van der Waals surface area contributed by atoms with E-state index in [-0.39, 0.29) is 11.7 Å². The van der Waals surface area contributed by atoms with Gasteiger partial charge in [-0.1, -0.05) is 18.0 Å². The van der Waals surface area contributed by atoms with Crippen LogP contribution in [0.5, 0.6) is 11.5 Å². The first-order valence-corrected chi connectivity index (χ1v) is 11.2. The van der Waals surface area contributed by atoms with E-state index in [4.69, 9.17) is 14.0 Å². The van der Waals surface area contributed by atoms with Crippen LogP contribution in [0.1, 0.15) is 45.6 Å². The lowest BCUT2D eigenvalue weighted by molar-refractivity contribution is 0.288. The number of hydrogen-bond donors (Lipinski definition) is 1. The van der Waals surface area contributed by atoms with E-state index >= 15 is 0 Å². The highest BCUT2D eigenvalue weighted by molar-refractivity contribution is 5.81. The van der Waals surface area contributed by atoms with E-state index < -0.39 is 0 Å². The third kappa shape index (κ3) is 3.66. The normalized spacial score (nSPS) is 14.3. The Bertz CT molecular complexity index is 1300. The van der Waals surface area contributed by atoms with Crippen molar-refractivity contribution < 1.29 is 14.0 Å². The quantitative estimate of drug-likeness (QED) is 0.442.